The van der Waals surface area contributed by atoms with Crippen LogP contribution in [0.5, 0.6) is 0 Å². The van der Waals surface area contributed by atoms with Crippen molar-refractivity contribution in [2.45, 2.75) is 18.3 Å². The summed E-state index contributed by atoms with van der Waals surface area (Å²) >= 11 is 0. The van der Waals surface area contributed by atoms with Gasteiger partial charge in [0.1, 0.15) is 0 Å². The molecule has 1 aromatic carbocycles. The number of nitriles is 1. The molecule has 1 aliphatic carbocycles. The maximum absolute atomic E-state index is 13.7. The van der Waals surface area contributed by atoms with E-state index >= 15 is 0 Å². The first kappa shape index (κ1) is 25.3. The molecule has 1 fully saturated rings. The molecule has 1 aliphatic rings. The highest BCUT2D eigenvalue weighted by molar-refractivity contribution is 6.14. The fraction of sp³-hybridized carbons (Fsp3) is 0.259. The average molecular weight is 500 g/mol. The van der Waals surface area contributed by atoms with E-state index in [1.54, 1.807) is 24.3 Å². The number of allylic oxidation sites excluding steroid dienone is 2. The molecule has 1 saturated carbocycles. The minimum Gasteiger partial charge on any atom is -0.303 e. The summed E-state index contributed by atoms with van der Waals surface area (Å²) in [5.74, 6) is -0.423. The lowest BCUT2D eigenvalue weighted by Gasteiger charge is -2.33. The van der Waals surface area contributed by atoms with Crippen LogP contribution in [0.15, 0.2) is 73.0 Å². The second-order valence-electron chi connectivity index (χ2n) is 9.27. The van der Waals surface area contributed by atoms with Crippen molar-refractivity contribution in [3.63, 3.8) is 0 Å². The molecule has 0 N–H and O–H groups in total. The highest BCUT2D eigenvalue weighted by Crippen LogP contribution is 2.43. The summed E-state index contributed by atoms with van der Waals surface area (Å²) in [4.78, 5) is 63.5. The van der Waals surface area contributed by atoms with Gasteiger partial charge in [-0.2, -0.15) is 5.26 Å². The Balaban J connectivity index is 1.98. The summed E-state index contributed by atoms with van der Waals surface area (Å²) in [6.07, 6.45) is 5.57. The van der Waals surface area contributed by atoms with E-state index in [0.717, 1.165) is 9.13 Å². The van der Waals surface area contributed by atoms with Gasteiger partial charge in [-0.15, -0.1) is 0 Å². The van der Waals surface area contributed by atoms with Crippen LogP contribution in [-0.2, 0) is 38.4 Å². The monoisotopic (exact) mass is 499 g/mol. The summed E-state index contributed by atoms with van der Waals surface area (Å²) in [5, 5.41) is 10.4. The van der Waals surface area contributed by atoms with Crippen LogP contribution in [0.4, 0.5) is 0 Å². The van der Waals surface area contributed by atoms with Gasteiger partial charge in [-0.3, -0.25) is 23.5 Å². The Morgan fingerprint density at radius 1 is 0.757 bits per heavy atom. The molecule has 0 unspecified atom stereocenters. The van der Waals surface area contributed by atoms with Crippen LogP contribution in [-0.4, -0.2) is 24.1 Å². The number of nitrogens with zero attached hydrogens (tertiary/aromatic N) is 5. The van der Waals surface area contributed by atoms with Crippen LogP contribution in [0, 0.1) is 11.3 Å². The zero-order chi connectivity index (χ0) is 27.1. The number of aryl methyl sites for hydroxylation is 2. The Kier molecular flexibility index (Phi) is 6.40. The van der Waals surface area contributed by atoms with Crippen LogP contribution in [0.3, 0.4) is 0 Å². The summed E-state index contributed by atoms with van der Waals surface area (Å²) in [5.41, 5.74) is -2.01. The number of carbonyl (C=O) groups is 1. The molecule has 2 heterocycles. The second-order valence-corrected chi connectivity index (χ2v) is 9.27. The van der Waals surface area contributed by atoms with Gasteiger partial charge in [0.15, 0.2) is 5.78 Å². The van der Waals surface area contributed by atoms with E-state index in [-0.39, 0.29) is 35.1 Å². The van der Waals surface area contributed by atoms with E-state index in [9.17, 15) is 29.2 Å². The Morgan fingerprint density at radius 3 is 1.59 bits per heavy atom. The summed E-state index contributed by atoms with van der Waals surface area (Å²) in [6.45, 7) is 0. The van der Waals surface area contributed by atoms with E-state index in [2.05, 4.69) is 6.07 Å². The smallest absolute Gasteiger partial charge is 0.303 e. The molecular formula is C27H25N5O5. The standard InChI is InChI=1S/C27H25N5O5/c1-29-14-19(23(34)31(3)25(29)36)10-17-12-27(16-28,21-8-6-5-7-9-21)13-18(22(17)33)11-20-15-30(2)26(37)32(4)24(20)35/h5-11,14-15H,12-13H2,1-4H3/b17-10+,18-11+. The van der Waals surface area contributed by atoms with Gasteiger partial charge in [0.05, 0.1) is 22.6 Å². The number of Topliss-reactive ketones (excluding diaryl/α,β-unsaturated/α-hetero) is 1. The van der Waals surface area contributed by atoms with Crippen LogP contribution in [0.1, 0.15) is 29.5 Å². The molecule has 37 heavy (non-hydrogen) atoms. The van der Waals surface area contributed by atoms with Gasteiger partial charge in [-0.05, 0) is 30.6 Å². The molecule has 0 aliphatic heterocycles. The van der Waals surface area contributed by atoms with E-state index < -0.39 is 33.7 Å². The fourth-order valence-electron chi connectivity index (χ4n) is 4.66. The molecule has 0 spiro atoms. The molecule has 10 nitrogen and oxygen atoms in total. The summed E-state index contributed by atoms with van der Waals surface area (Å²) < 4.78 is 4.36. The fourth-order valence-corrected chi connectivity index (χ4v) is 4.66. The zero-order valence-corrected chi connectivity index (χ0v) is 20.9. The molecular weight excluding hydrogens is 474 g/mol. The van der Waals surface area contributed by atoms with Crippen molar-refractivity contribution >= 4 is 17.9 Å². The normalized spacial score (nSPS) is 19.8. The number of rotatable bonds is 3. The van der Waals surface area contributed by atoms with Gasteiger partial charge in [0, 0.05) is 51.7 Å². The van der Waals surface area contributed by atoms with Crippen LogP contribution in [0.25, 0.3) is 12.2 Å². The highest BCUT2D eigenvalue weighted by atomic mass is 16.2. The number of hydrogen-bond acceptors (Lipinski definition) is 6. The average Bonchev–Trinajstić information content (AvgIpc) is 2.90. The SMILES string of the molecule is Cn1cc(/C=C2\CC(C#N)(c3ccccc3)C/C(=C\c3cn(C)c(=O)n(C)c3=O)C2=O)c(=O)n(C)c1=O. The van der Waals surface area contributed by atoms with Crippen molar-refractivity contribution in [3.8, 4) is 6.07 Å². The Morgan fingerprint density at radius 2 is 1.19 bits per heavy atom. The van der Waals surface area contributed by atoms with Gasteiger partial charge in [-0.1, -0.05) is 30.3 Å². The highest BCUT2D eigenvalue weighted by Gasteiger charge is 2.42. The Labute approximate surface area is 211 Å². The second kappa shape index (κ2) is 9.35. The lowest BCUT2D eigenvalue weighted by molar-refractivity contribution is -0.113. The van der Waals surface area contributed by atoms with Crippen molar-refractivity contribution < 1.29 is 4.79 Å². The van der Waals surface area contributed by atoms with Gasteiger partial charge >= 0.3 is 11.4 Å². The molecule has 2 aromatic heterocycles. The van der Waals surface area contributed by atoms with Crippen molar-refractivity contribution in [1.82, 2.24) is 18.3 Å². The quantitative estimate of drug-likeness (QED) is 0.490. The summed E-state index contributed by atoms with van der Waals surface area (Å²) in [7, 11) is 5.69. The number of carbonyl (C=O) groups excluding carboxylic acids is 1. The van der Waals surface area contributed by atoms with E-state index in [0.29, 0.717) is 5.56 Å². The van der Waals surface area contributed by atoms with Crippen molar-refractivity contribution in [2.75, 3.05) is 0 Å². The zero-order valence-electron chi connectivity index (χ0n) is 20.9. The molecule has 188 valence electrons. The summed E-state index contributed by atoms with van der Waals surface area (Å²) in [6, 6.07) is 11.4. The molecule has 0 amide bonds. The predicted octanol–water partition coefficient (Wildman–Crippen LogP) is 0.773. The molecule has 0 saturated heterocycles. The van der Waals surface area contributed by atoms with Crippen molar-refractivity contribution in [3.05, 3.63) is 112 Å². The van der Waals surface area contributed by atoms with Crippen molar-refractivity contribution in [1.29, 1.82) is 5.26 Å². The van der Waals surface area contributed by atoms with Gasteiger partial charge in [0.25, 0.3) is 11.1 Å². The molecule has 10 heteroatoms. The van der Waals surface area contributed by atoms with Gasteiger partial charge in [0.2, 0.25) is 0 Å². The topological polar surface area (TPSA) is 129 Å². The molecule has 0 atom stereocenters. The maximum Gasteiger partial charge on any atom is 0.330 e. The third-order valence-electron chi connectivity index (χ3n) is 6.71. The first-order valence-electron chi connectivity index (χ1n) is 11.4. The minimum absolute atomic E-state index is 0.0287. The number of benzene rings is 1. The predicted molar refractivity (Wildman–Crippen MR) is 138 cm³/mol. The first-order valence-corrected chi connectivity index (χ1v) is 11.4. The number of aromatic nitrogens is 4. The molecule has 0 radical (unpaired) electrons. The minimum atomic E-state index is -1.15. The van der Waals surface area contributed by atoms with E-state index in [4.69, 9.17) is 0 Å². The van der Waals surface area contributed by atoms with Crippen molar-refractivity contribution in [2.24, 2.45) is 28.2 Å². The molecule has 3 aromatic rings. The Bertz CT molecular complexity index is 1670. The molecule has 4 rings (SSSR count). The van der Waals surface area contributed by atoms with Crippen LogP contribution in [0.2, 0.25) is 0 Å². The molecule has 0 bridgehead atoms. The lowest BCUT2D eigenvalue weighted by Crippen LogP contribution is -2.38. The van der Waals surface area contributed by atoms with E-state index in [1.165, 1.54) is 61.9 Å². The largest absolute Gasteiger partial charge is 0.330 e. The third kappa shape index (κ3) is 4.36. The maximum atomic E-state index is 13.7. The number of hydrogen-bond donors (Lipinski definition) is 0. The number of ketones is 1. The van der Waals surface area contributed by atoms with Gasteiger partial charge < -0.3 is 9.13 Å². The van der Waals surface area contributed by atoms with Crippen LogP contribution >= 0.6 is 0 Å². The third-order valence-corrected chi connectivity index (χ3v) is 6.71. The first-order chi connectivity index (χ1) is 17.5. The Hall–Kier alpha value is -4.78. The van der Waals surface area contributed by atoms with Gasteiger partial charge in [-0.25, -0.2) is 9.59 Å². The van der Waals surface area contributed by atoms with Crippen LogP contribution < -0.4 is 22.5 Å². The van der Waals surface area contributed by atoms with E-state index in [1.807, 2.05) is 6.07 Å². The lowest BCUT2D eigenvalue weighted by atomic mass is 9.66.